The highest BCUT2D eigenvalue weighted by atomic mass is 32.1. The Bertz CT molecular complexity index is 293. The van der Waals surface area contributed by atoms with E-state index in [1.54, 1.807) is 18.4 Å². The predicted molar refractivity (Wildman–Crippen MR) is 54.4 cm³/mol. The van der Waals surface area contributed by atoms with Crippen LogP contribution in [0, 0.1) is 6.92 Å². The molecule has 0 aromatic carbocycles. The number of hydrogen-bond donors (Lipinski definition) is 3. The van der Waals surface area contributed by atoms with Crippen LogP contribution >= 0.6 is 11.3 Å². The molecule has 72 valence electrons. The van der Waals surface area contributed by atoms with Gasteiger partial charge in [0.15, 0.2) is 0 Å². The lowest BCUT2D eigenvalue weighted by atomic mass is 10.5. The van der Waals surface area contributed by atoms with E-state index in [-0.39, 0.29) is 0 Å². The van der Waals surface area contributed by atoms with Gasteiger partial charge in [-0.3, -0.25) is 10.4 Å². The van der Waals surface area contributed by atoms with Crippen molar-refractivity contribution in [1.29, 1.82) is 0 Å². The summed E-state index contributed by atoms with van der Waals surface area (Å²) in [5.74, 6) is 5.77. The third-order valence-corrected chi connectivity index (χ3v) is 2.37. The highest BCUT2D eigenvalue weighted by Gasteiger charge is 1.98. The Balaban J connectivity index is 2.43. The van der Waals surface area contributed by atoms with Crippen molar-refractivity contribution in [2.45, 2.75) is 13.5 Å². The average molecular weight is 199 g/mol. The van der Waals surface area contributed by atoms with Gasteiger partial charge in [-0.1, -0.05) is 0 Å². The van der Waals surface area contributed by atoms with Gasteiger partial charge >= 0.3 is 0 Å². The molecule has 0 aliphatic carbocycles. The van der Waals surface area contributed by atoms with Gasteiger partial charge in [-0.15, -0.1) is 11.3 Å². The molecule has 0 spiro atoms. The van der Waals surface area contributed by atoms with Crippen molar-refractivity contribution in [1.82, 2.24) is 15.7 Å². The lowest BCUT2D eigenvalue weighted by Crippen LogP contribution is -2.40. The highest BCUT2D eigenvalue weighted by molar-refractivity contribution is 7.11. The Morgan fingerprint density at radius 1 is 1.77 bits per heavy atom. The van der Waals surface area contributed by atoms with Crippen molar-refractivity contribution in [3.63, 3.8) is 0 Å². The number of aromatic nitrogens is 1. The number of thiazole rings is 1. The molecule has 0 atom stereocenters. The fraction of sp³-hybridized carbons (Fsp3) is 0.429. The van der Waals surface area contributed by atoms with Crippen molar-refractivity contribution >= 4 is 17.3 Å². The van der Waals surface area contributed by atoms with Gasteiger partial charge in [0.1, 0.15) is 0 Å². The Hall–Kier alpha value is -1.14. The summed E-state index contributed by atoms with van der Waals surface area (Å²) < 4.78 is 0. The molecular formula is C7H13N5S. The van der Waals surface area contributed by atoms with Crippen LogP contribution in [0.5, 0.6) is 0 Å². The zero-order valence-corrected chi connectivity index (χ0v) is 8.48. The molecule has 5 nitrogen and oxygen atoms in total. The summed E-state index contributed by atoms with van der Waals surface area (Å²) in [4.78, 5) is 9.18. The first-order valence-corrected chi connectivity index (χ1v) is 4.66. The molecule has 0 aliphatic rings. The Kier molecular flexibility index (Phi) is 3.66. The van der Waals surface area contributed by atoms with E-state index < -0.39 is 0 Å². The van der Waals surface area contributed by atoms with Gasteiger partial charge in [-0.2, -0.15) is 0 Å². The van der Waals surface area contributed by atoms with E-state index in [4.69, 9.17) is 5.84 Å². The summed E-state index contributed by atoms with van der Waals surface area (Å²) >= 11 is 1.65. The number of aryl methyl sites for hydroxylation is 1. The predicted octanol–water partition coefficient (Wildman–Crippen LogP) is -0.00978. The Morgan fingerprint density at radius 3 is 3.00 bits per heavy atom. The zero-order valence-electron chi connectivity index (χ0n) is 7.66. The molecule has 0 saturated carbocycles. The lowest BCUT2D eigenvalue weighted by molar-refractivity contribution is 0.848. The van der Waals surface area contributed by atoms with Gasteiger partial charge in [-0.25, -0.2) is 10.8 Å². The number of hydrogen-bond acceptors (Lipinski definition) is 4. The number of rotatable bonds is 2. The first kappa shape index (κ1) is 9.94. The first-order chi connectivity index (χ1) is 6.26. The molecule has 0 fully saturated rings. The van der Waals surface area contributed by atoms with Crippen LogP contribution < -0.4 is 16.6 Å². The maximum absolute atomic E-state index is 5.20. The van der Waals surface area contributed by atoms with Gasteiger partial charge < -0.3 is 5.32 Å². The van der Waals surface area contributed by atoms with Crippen LogP contribution in [0.2, 0.25) is 0 Å². The van der Waals surface area contributed by atoms with Gasteiger partial charge in [0.25, 0.3) is 0 Å². The molecule has 1 aromatic heterocycles. The monoisotopic (exact) mass is 199 g/mol. The zero-order chi connectivity index (χ0) is 9.68. The SMILES string of the molecule is CN=C(NN)NCc1cnc(C)s1. The van der Waals surface area contributed by atoms with Crippen molar-refractivity contribution in [2.75, 3.05) is 7.05 Å². The third-order valence-electron chi connectivity index (χ3n) is 1.46. The molecule has 0 aliphatic heterocycles. The van der Waals surface area contributed by atoms with E-state index in [9.17, 15) is 0 Å². The van der Waals surface area contributed by atoms with Crippen molar-refractivity contribution in [3.8, 4) is 0 Å². The van der Waals surface area contributed by atoms with Gasteiger partial charge in [0.2, 0.25) is 5.96 Å². The number of guanidine groups is 1. The fourth-order valence-corrected chi connectivity index (χ4v) is 1.59. The fourth-order valence-electron chi connectivity index (χ4n) is 0.853. The lowest BCUT2D eigenvalue weighted by Gasteiger charge is -2.05. The largest absolute Gasteiger partial charge is 0.350 e. The maximum Gasteiger partial charge on any atom is 0.205 e. The number of nitrogens with one attached hydrogen (secondary N) is 2. The van der Waals surface area contributed by atoms with Crippen LogP contribution in [0.3, 0.4) is 0 Å². The molecular weight excluding hydrogens is 186 g/mol. The van der Waals surface area contributed by atoms with E-state index in [0.29, 0.717) is 12.5 Å². The minimum Gasteiger partial charge on any atom is -0.350 e. The maximum atomic E-state index is 5.20. The average Bonchev–Trinajstić information content (AvgIpc) is 2.53. The molecule has 4 N–H and O–H groups in total. The first-order valence-electron chi connectivity index (χ1n) is 3.85. The molecule has 0 radical (unpaired) electrons. The molecule has 0 unspecified atom stereocenters. The van der Waals surface area contributed by atoms with Crippen LogP contribution in [0.4, 0.5) is 0 Å². The van der Waals surface area contributed by atoms with Crippen LogP contribution in [-0.4, -0.2) is 18.0 Å². The van der Waals surface area contributed by atoms with Crippen LogP contribution in [0.15, 0.2) is 11.2 Å². The second kappa shape index (κ2) is 4.78. The topological polar surface area (TPSA) is 75.3 Å². The van der Waals surface area contributed by atoms with E-state index in [1.807, 2.05) is 13.1 Å². The van der Waals surface area contributed by atoms with Crippen molar-refractivity contribution < 1.29 is 0 Å². The quantitative estimate of drug-likeness (QED) is 0.271. The van der Waals surface area contributed by atoms with Crippen molar-refractivity contribution in [3.05, 3.63) is 16.1 Å². The third kappa shape index (κ3) is 3.00. The van der Waals surface area contributed by atoms with Crippen LogP contribution in [-0.2, 0) is 6.54 Å². The molecule has 1 heterocycles. The number of aliphatic imine (C=N–C) groups is 1. The molecule has 0 saturated heterocycles. The van der Waals surface area contributed by atoms with Gasteiger partial charge in [0.05, 0.1) is 11.6 Å². The Morgan fingerprint density at radius 2 is 2.54 bits per heavy atom. The summed E-state index contributed by atoms with van der Waals surface area (Å²) in [6.07, 6.45) is 1.84. The summed E-state index contributed by atoms with van der Waals surface area (Å²) in [5, 5.41) is 4.10. The normalized spacial score (nSPS) is 11.5. The van der Waals surface area contributed by atoms with E-state index in [1.165, 1.54) is 0 Å². The summed E-state index contributed by atoms with van der Waals surface area (Å²) in [5.41, 5.74) is 2.45. The molecule has 0 amide bonds. The Labute approximate surface area is 81.1 Å². The summed E-state index contributed by atoms with van der Waals surface area (Å²) in [6.45, 7) is 2.67. The van der Waals surface area contributed by atoms with E-state index in [2.05, 4.69) is 20.7 Å². The van der Waals surface area contributed by atoms with Crippen molar-refractivity contribution in [2.24, 2.45) is 10.8 Å². The molecule has 1 rings (SSSR count). The second-order valence-electron chi connectivity index (χ2n) is 2.42. The summed E-state index contributed by atoms with van der Waals surface area (Å²) in [6, 6.07) is 0. The van der Waals surface area contributed by atoms with Crippen LogP contribution in [0.1, 0.15) is 9.88 Å². The number of nitrogens with zero attached hydrogens (tertiary/aromatic N) is 2. The molecule has 6 heteroatoms. The minimum atomic E-state index is 0.575. The van der Waals surface area contributed by atoms with Gasteiger partial charge in [-0.05, 0) is 6.92 Å². The molecule has 13 heavy (non-hydrogen) atoms. The highest BCUT2D eigenvalue weighted by Crippen LogP contribution is 2.10. The summed E-state index contributed by atoms with van der Waals surface area (Å²) in [7, 11) is 1.67. The van der Waals surface area contributed by atoms with E-state index >= 15 is 0 Å². The second-order valence-corrected chi connectivity index (χ2v) is 3.74. The minimum absolute atomic E-state index is 0.575. The number of nitrogens with two attached hydrogens (primary N) is 1. The molecule has 1 aromatic rings. The van der Waals surface area contributed by atoms with Crippen LogP contribution in [0.25, 0.3) is 0 Å². The van der Waals surface area contributed by atoms with E-state index in [0.717, 1.165) is 9.88 Å². The standard InChI is InChI=1S/C7H13N5S/c1-5-10-3-6(13-5)4-11-7(9-2)12-8/h3H,4,8H2,1-2H3,(H2,9,11,12). The van der Waals surface area contributed by atoms with Gasteiger partial charge in [0, 0.05) is 18.1 Å². The number of hydrazine groups is 1. The smallest absolute Gasteiger partial charge is 0.205 e. The molecule has 0 bridgehead atoms.